The molecule has 0 bridgehead atoms. The predicted molar refractivity (Wildman–Crippen MR) is 126 cm³/mol. The maximum absolute atomic E-state index is 5.20. The molecule has 0 saturated carbocycles. The van der Waals surface area contributed by atoms with Crippen molar-refractivity contribution in [1.82, 2.24) is 0 Å². The summed E-state index contributed by atoms with van der Waals surface area (Å²) in [5, 5.41) is 0. The van der Waals surface area contributed by atoms with Crippen molar-refractivity contribution in [3.63, 3.8) is 0 Å². The topological polar surface area (TPSA) is 12.4 Å². The quantitative estimate of drug-likeness (QED) is 0.480. The Hall–Kier alpha value is -2.33. The van der Waals surface area contributed by atoms with Crippen molar-refractivity contribution in [2.45, 2.75) is 79.2 Å². The van der Waals surface area contributed by atoms with Gasteiger partial charge in [0, 0.05) is 17.0 Å². The number of aliphatic imine (C=N–C) groups is 1. The molecule has 0 aromatic heterocycles. The smallest absolute Gasteiger partial charge is 0.137 e. The first-order chi connectivity index (χ1) is 13.7. The predicted octanol–water partition coefficient (Wildman–Crippen LogP) is 7.61. The normalized spacial score (nSPS) is 15.7. The first-order valence-electron chi connectivity index (χ1n) is 11.1. The van der Waals surface area contributed by atoms with E-state index in [0.29, 0.717) is 23.7 Å². The Bertz CT molecular complexity index is 948. The molecule has 3 rings (SSSR count). The summed E-state index contributed by atoms with van der Waals surface area (Å²) in [4.78, 5) is 5.20. The highest BCUT2D eigenvalue weighted by Crippen LogP contribution is 2.38. The summed E-state index contributed by atoms with van der Waals surface area (Å²) in [6, 6.07) is 13.4. The zero-order chi connectivity index (χ0) is 21.3. The van der Waals surface area contributed by atoms with Crippen LogP contribution >= 0.6 is 0 Å². The highest BCUT2D eigenvalue weighted by molar-refractivity contribution is 6.17. The fourth-order valence-corrected chi connectivity index (χ4v) is 4.00. The van der Waals surface area contributed by atoms with Gasteiger partial charge in [0.15, 0.2) is 0 Å². The molecule has 0 saturated heterocycles. The van der Waals surface area contributed by atoms with Crippen LogP contribution in [0.5, 0.6) is 0 Å². The molecule has 1 heterocycles. The van der Waals surface area contributed by atoms with E-state index >= 15 is 0 Å². The van der Waals surface area contributed by atoms with E-state index in [1.807, 2.05) is 0 Å². The summed E-state index contributed by atoms with van der Waals surface area (Å²) in [6.07, 6.45) is 0. The Morgan fingerprint density at radius 2 is 1.38 bits per heavy atom. The van der Waals surface area contributed by atoms with E-state index in [9.17, 15) is 0 Å². The monoisotopic (exact) mass is 385 g/mol. The fraction of sp³-hybridized carbons (Fsp3) is 0.464. The van der Waals surface area contributed by atoms with Gasteiger partial charge in [-0.2, -0.15) is 0 Å². The number of hydrogen-bond acceptors (Lipinski definition) is 1. The molecule has 0 aliphatic carbocycles. The molecule has 0 spiro atoms. The largest absolute Gasteiger partial charge is 0.263 e. The Morgan fingerprint density at radius 3 is 1.90 bits per heavy atom. The van der Waals surface area contributed by atoms with Gasteiger partial charge < -0.3 is 0 Å². The Balaban J connectivity index is 2.29. The summed E-state index contributed by atoms with van der Waals surface area (Å²) in [6.45, 7) is 18.0. The van der Waals surface area contributed by atoms with E-state index in [-0.39, 0.29) is 6.04 Å². The minimum Gasteiger partial charge on any atom is -0.263 e. The van der Waals surface area contributed by atoms with Gasteiger partial charge in [0.25, 0.3) is 0 Å². The summed E-state index contributed by atoms with van der Waals surface area (Å²) in [5.74, 6) is 8.52. The van der Waals surface area contributed by atoms with Crippen LogP contribution in [0.2, 0.25) is 0 Å². The minimum absolute atomic E-state index is 0.0617. The standard InChI is InChI=1S/C28H35N/c1-17(2)13-14-26-22-11-9-10-12-23(22)28(29-26)27-24(19(5)6)15-21(18(3)4)16-25(27)20(7)8/h9-12,15-20,26H,1-8H3. The number of benzene rings is 2. The number of hydrogen-bond donors (Lipinski definition) is 0. The second-order valence-corrected chi connectivity index (χ2v) is 9.45. The average molecular weight is 386 g/mol. The molecule has 1 nitrogen and oxygen atoms in total. The van der Waals surface area contributed by atoms with Crippen molar-refractivity contribution in [3.8, 4) is 11.8 Å². The van der Waals surface area contributed by atoms with Gasteiger partial charge in [0.1, 0.15) is 6.04 Å². The van der Waals surface area contributed by atoms with Crippen LogP contribution in [-0.4, -0.2) is 5.71 Å². The van der Waals surface area contributed by atoms with Crippen molar-refractivity contribution in [2.24, 2.45) is 10.9 Å². The van der Waals surface area contributed by atoms with Crippen LogP contribution in [0, 0.1) is 17.8 Å². The van der Waals surface area contributed by atoms with E-state index < -0.39 is 0 Å². The maximum atomic E-state index is 5.20. The van der Waals surface area contributed by atoms with Crippen molar-refractivity contribution in [2.75, 3.05) is 0 Å². The zero-order valence-corrected chi connectivity index (χ0v) is 19.3. The molecule has 1 atom stereocenters. The zero-order valence-electron chi connectivity index (χ0n) is 19.3. The van der Waals surface area contributed by atoms with Gasteiger partial charge in [0.05, 0.1) is 5.71 Å². The third-order valence-corrected chi connectivity index (χ3v) is 5.65. The van der Waals surface area contributed by atoms with E-state index in [4.69, 9.17) is 4.99 Å². The fourth-order valence-electron chi connectivity index (χ4n) is 4.00. The molecule has 1 aliphatic heterocycles. The summed E-state index contributed by atoms with van der Waals surface area (Å²) >= 11 is 0. The Morgan fingerprint density at radius 1 is 0.793 bits per heavy atom. The summed E-state index contributed by atoms with van der Waals surface area (Å²) in [7, 11) is 0. The molecular weight excluding hydrogens is 350 g/mol. The molecule has 2 aromatic carbocycles. The summed E-state index contributed by atoms with van der Waals surface area (Å²) < 4.78 is 0. The Kier molecular flexibility index (Phi) is 6.33. The molecule has 2 aromatic rings. The molecule has 1 heteroatoms. The van der Waals surface area contributed by atoms with Crippen LogP contribution < -0.4 is 0 Å². The SMILES string of the molecule is CC(C)C#CC1N=C(c2c(C(C)C)cc(C(C)C)cc2C(C)C)c2ccccc21. The maximum Gasteiger partial charge on any atom is 0.137 e. The lowest BCUT2D eigenvalue weighted by molar-refractivity contribution is 0.800. The van der Waals surface area contributed by atoms with Gasteiger partial charge in [0.2, 0.25) is 0 Å². The van der Waals surface area contributed by atoms with E-state index in [2.05, 4.69) is 104 Å². The average Bonchev–Trinajstić information content (AvgIpc) is 3.03. The van der Waals surface area contributed by atoms with E-state index in [1.54, 1.807) is 0 Å². The highest BCUT2D eigenvalue weighted by Gasteiger charge is 2.29. The third kappa shape index (κ3) is 4.32. The third-order valence-electron chi connectivity index (χ3n) is 5.65. The molecule has 0 N–H and O–H groups in total. The summed E-state index contributed by atoms with van der Waals surface area (Å²) in [5.41, 5.74) is 9.19. The van der Waals surface area contributed by atoms with Gasteiger partial charge in [-0.3, -0.25) is 4.99 Å². The molecule has 29 heavy (non-hydrogen) atoms. The van der Waals surface area contributed by atoms with Gasteiger partial charge in [-0.15, -0.1) is 0 Å². The lowest BCUT2D eigenvalue weighted by atomic mass is 9.81. The van der Waals surface area contributed by atoms with Gasteiger partial charge >= 0.3 is 0 Å². The molecule has 0 fully saturated rings. The van der Waals surface area contributed by atoms with Crippen molar-refractivity contribution in [1.29, 1.82) is 0 Å². The van der Waals surface area contributed by atoms with Crippen LogP contribution in [0.15, 0.2) is 41.4 Å². The molecule has 152 valence electrons. The number of rotatable bonds is 4. The Labute approximate surface area is 177 Å². The van der Waals surface area contributed by atoms with Crippen LogP contribution in [0.25, 0.3) is 0 Å². The van der Waals surface area contributed by atoms with E-state index in [1.165, 1.54) is 33.4 Å². The molecule has 1 aliphatic rings. The van der Waals surface area contributed by atoms with Crippen molar-refractivity contribution >= 4 is 5.71 Å². The molecule has 0 radical (unpaired) electrons. The second kappa shape index (κ2) is 8.58. The van der Waals surface area contributed by atoms with Gasteiger partial charge in [-0.05, 0) is 40.0 Å². The van der Waals surface area contributed by atoms with Crippen molar-refractivity contribution in [3.05, 3.63) is 69.8 Å². The van der Waals surface area contributed by atoms with E-state index in [0.717, 1.165) is 5.71 Å². The van der Waals surface area contributed by atoms with Crippen LogP contribution in [0.4, 0.5) is 0 Å². The lowest BCUT2D eigenvalue weighted by Crippen LogP contribution is -2.13. The van der Waals surface area contributed by atoms with Crippen LogP contribution in [-0.2, 0) is 0 Å². The van der Waals surface area contributed by atoms with Crippen LogP contribution in [0.1, 0.15) is 113 Å². The lowest BCUT2D eigenvalue weighted by Gasteiger charge is -2.23. The van der Waals surface area contributed by atoms with Crippen LogP contribution in [0.3, 0.4) is 0 Å². The number of fused-ring (bicyclic) bond motifs is 1. The first-order valence-corrected chi connectivity index (χ1v) is 11.1. The van der Waals surface area contributed by atoms with Crippen molar-refractivity contribution < 1.29 is 0 Å². The van der Waals surface area contributed by atoms with Gasteiger partial charge in [-0.25, -0.2) is 0 Å². The molecule has 1 unspecified atom stereocenters. The first kappa shape index (κ1) is 21.4. The minimum atomic E-state index is -0.0617. The molecular formula is C28H35N. The highest BCUT2D eigenvalue weighted by atomic mass is 14.8. The van der Waals surface area contributed by atoms with Gasteiger partial charge in [-0.1, -0.05) is 104 Å². The second-order valence-electron chi connectivity index (χ2n) is 9.45. The number of nitrogens with zero attached hydrogens (tertiary/aromatic N) is 1. The molecule has 0 amide bonds.